The topological polar surface area (TPSA) is 84.2 Å². The van der Waals surface area contributed by atoms with E-state index in [1.54, 1.807) is 11.8 Å². The fourth-order valence-corrected chi connectivity index (χ4v) is 4.03. The number of rotatable bonds is 7. The first kappa shape index (κ1) is 21.4. The molecular weight excluding hydrogens is 398 g/mol. The van der Waals surface area contributed by atoms with E-state index in [2.05, 4.69) is 10.2 Å². The van der Waals surface area contributed by atoms with Gasteiger partial charge in [-0.05, 0) is 38.1 Å². The van der Waals surface area contributed by atoms with Gasteiger partial charge in [0.15, 0.2) is 6.10 Å². The molecule has 2 aliphatic rings. The summed E-state index contributed by atoms with van der Waals surface area (Å²) in [5.41, 5.74) is 0.704. The zero-order chi connectivity index (χ0) is 21.8. The van der Waals surface area contributed by atoms with E-state index in [-0.39, 0.29) is 24.3 Å². The third kappa shape index (κ3) is 4.91. The molecule has 1 aromatic heterocycles. The van der Waals surface area contributed by atoms with Gasteiger partial charge in [-0.2, -0.15) is 0 Å². The smallest absolute Gasteiger partial charge is 0.267 e. The van der Waals surface area contributed by atoms with E-state index < -0.39 is 6.10 Å². The second-order valence-electron chi connectivity index (χ2n) is 7.88. The van der Waals surface area contributed by atoms with E-state index in [1.165, 1.54) is 0 Å². The minimum atomic E-state index is -0.564. The summed E-state index contributed by atoms with van der Waals surface area (Å²) in [6.45, 7) is 7.30. The number of anilines is 1. The number of amides is 2. The van der Waals surface area contributed by atoms with Gasteiger partial charge < -0.3 is 24.1 Å². The van der Waals surface area contributed by atoms with E-state index in [0.29, 0.717) is 37.7 Å². The van der Waals surface area contributed by atoms with Gasteiger partial charge in [0.1, 0.15) is 17.3 Å². The van der Waals surface area contributed by atoms with E-state index in [1.807, 2.05) is 43.3 Å². The molecule has 31 heavy (non-hydrogen) atoms. The molecule has 8 nitrogen and oxygen atoms in total. The number of carbonyl (C=O) groups excluding carboxylic acids is 2. The van der Waals surface area contributed by atoms with Crippen molar-refractivity contribution in [2.45, 2.75) is 32.4 Å². The Morgan fingerprint density at radius 1 is 1.19 bits per heavy atom. The van der Waals surface area contributed by atoms with Crippen LogP contribution in [-0.2, 0) is 14.3 Å². The first-order valence-corrected chi connectivity index (χ1v) is 10.7. The van der Waals surface area contributed by atoms with Gasteiger partial charge in [-0.15, -0.1) is 0 Å². The average molecular weight is 428 g/mol. The number of carbonyl (C=O) groups is 2. The van der Waals surface area contributed by atoms with Crippen LogP contribution >= 0.6 is 0 Å². The molecule has 2 amide bonds. The maximum absolute atomic E-state index is 12.7. The molecule has 2 atom stereocenters. The Kier molecular flexibility index (Phi) is 6.58. The normalized spacial score (nSPS) is 20.1. The number of para-hydroxylation sites is 2. The highest BCUT2D eigenvalue weighted by atomic mass is 16.5. The third-order valence-corrected chi connectivity index (χ3v) is 5.70. The van der Waals surface area contributed by atoms with Crippen LogP contribution < -0.4 is 15.0 Å². The monoisotopic (exact) mass is 427 g/mol. The molecule has 0 spiro atoms. The standard InChI is InChI=1S/C23H29N3O5/c1-16-7-8-21(30-16)19(25-11-13-29-14-12-25)15-24-22(27)9-10-26-18-5-3-4-6-20(18)31-17(2)23(26)28/h3-8,17,19H,9-15H2,1-2H3,(H,24,27)/t17-,19-/m1/s1. The summed E-state index contributed by atoms with van der Waals surface area (Å²) >= 11 is 0. The Balaban J connectivity index is 1.37. The molecule has 2 aromatic rings. The van der Waals surface area contributed by atoms with Crippen LogP contribution in [-0.4, -0.2) is 62.2 Å². The van der Waals surface area contributed by atoms with Gasteiger partial charge in [-0.1, -0.05) is 12.1 Å². The summed E-state index contributed by atoms with van der Waals surface area (Å²) in [4.78, 5) is 29.2. The lowest BCUT2D eigenvalue weighted by Crippen LogP contribution is -2.46. The molecule has 1 saturated heterocycles. The third-order valence-electron chi connectivity index (χ3n) is 5.70. The predicted octanol–water partition coefficient (Wildman–Crippen LogP) is 2.28. The number of morpholine rings is 1. The van der Waals surface area contributed by atoms with E-state index in [4.69, 9.17) is 13.9 Å². The summed E-state index contributed by atoms with van der Waals surface area (Å²) in [5, 5.41) is 3.03. The van der Waals surface area contributed by atoms with Gasteiger partial charge in [0.05, 0.1) is 24.9 Å². The molecule has 1 N–H and O–H groups in total. The van der Waals surface area contributed by atoms with E-state index in [0.717, 1.165) is 24.6 Å². The van der Waals surface area contributed by atoms with Crippen molar-refractivity contribution in [2.24, 2.45) is 0 Å². The van der Waals surface area contributed by atoms with Gasteiger partial charge in [-0.3, -0.25) is 14.5 Å². The second-order valence-corrected chi connectivity index (χ2v) is 7.88. The number of nitrogens with one attached hydrogen (secondary N) is 1. The molecule has 0 saturated carbocycles. The van der Waals surface area contributed by atoms with Crippen LogP contribution in [0, 0.1) is 6.92 Å². The molecule has 0 bridgehead atoms. The van der Waals surface area contributed by atoms with Crippen molar-refractivity contribution in [3.8, 4) is 5.75 Å². The summed E-state index contributed by atoms with van der Waals surface area (Å²) in [5.74, 6) is 2.11. The lowest BCUT2D eigenvalue weighted by molar-refractivity contribution is -0.125. The minimum absolute atomic E-state index is 0.0488. The van der Waals surface area contributed by atoms with E-state index >= 15 is 0 Å². The summed E-state index contributed by atoms with van der Waals surface area (Å²) in [6.07, 6.45) is -0.356. The lowest BCUT2D eigenvalue weighted by atomic mass is 10.1. The molecule has 4 rings (SSSR count). The van der Waals surface area contributed by atoms with Crippen LogP contribution in [0.4, 0.5) is 5.69 Å². The Hall–Kier alpha value is -2.84. The molecule has 2 aliphatic heterocycles. The van der Waals surface area contributed by atoms with Crippen LogP contribution in [0.25, 0.3) is 0 Å². The number of benzene rings is 1. The van der Waals surface area contributed by atoms with Crippen LogP contribution in [0.15, 0.2) is 40.8 Å². The lowest BCUT2D eigenvalue weighted by Gasteiger charge is -2.34. The van der Waals surface area contributed by atoms with Crippen LogP contribution in [0.1, 0.15) is 30.9 Å². The van der Waals surface area contributed by atoms with Crippen molar-refractivity contribution in [2.75, 3.05) is 44.3 Å². The van der Waals surface area contributed by atoms with Crippen molar-refractivity contribution in [3.63, 3.8) is 0 Å². The number of fused-ring (bicyclic) bond motifs is 1. The highest BCUT2D eigenvalue weighted by Gasteiger charge is 2.31. The Bertz CT molecular complexity index is 921. The molecule has 1 fully saturated rings. The maximum atomic E-state index is 12.7. The van der Waals surface area contributed by atoms with Gasteiger partial charge in [0.2, 0.25) is 5.91 Å². The largest absolute Gasteiger partial charge is 0.479 e. The number of ether oxygens (including phenoxy) is 2. The molecule has 0 unspecified atom stereocenters. The maximum Gasteiger partial charge on any atom is 0.267 e. The molecule has 166 valence electrons. The summed E-state index contributed by atoms with van der Waals surface area (Å²) in [7, 11) is 0. The average Bonchev–Trinajstić information content (AvgIpc) is 3.21. The summed E-state index contributed by atoms with van der Waals surface area (Å²) < 4.78 is 17.0. The first-order chi connectivity index (χ1) is 15.0. The fourth-order valence-electron chi connectivity index (χ4n) is 4.03. The highest BCUT2D eigenvalue weighted by Crippen LogP contribution is 2.33. The number of hydrogen-bond donors (Lipinski definition) is 1. The Morgan fingerprint density at radius 3 is 2.71 bits per heavy atom. The van der Waals surface area contributed by atoms with Crippen LogP contribution in [0.5, 0.6) is 5.75 Å². The molecule has 3 heterocycles. The fraction of sp³-hybridized carbons (Fsp3) is 0.478. The van der Waals surface area contributed by atoms with Crippen molar-refractivity contribution in [3.05, 3.63) is 47.9 Å². The van der Waals surface area contributed by atoms with Crippen LogP contribution in [0.3, 0.4) is 0 Å². The number of furan rings is 1. The van der Waals surface area contributed by atoms with Gasteiger partial charge >= 0.3 is 0 Å². The molecule has 8 heteroatoms. The Labute approximate surface area is 182 Å². The first-order valence-electron chi connectivity index (χ1n) is 10.7. The quantitative estimate of drug-likeness (QED) is 0.730. The van der Waals surface area contributed by atoms with Crippen molar-refractivity contribution < 1.29 is 23.5 Å². The second kappa shape index (κ2) is 9.53. The summed E-state index contributed by atoms with van der Waals surface area (Å²) in [6, 6.07) is 11.3. The molecular formula is C23H29N3O5. The zero-order valence-corrected chi connectivity index (χ0v) is 18.0. The van der Waals surface area contributed by atoms with Crippen molar-refractivity contribution >= 4 is 17.5 Å². The Morgan fingerprint density at radius 2 is 1.97 bits per heavy atom. The SMILES string of the molecule is Cc1ccc([C@@H](CNC(=O)CCN2C(=O)[C@@H](C)Oc3ccccc32)N2CCOCC2)o1. The minimum Gasteiger partial charge on any atom is -0.479 e. The van der Waals surface area contributed by atoms with Crippen molar-refractivity contribution in [1.29, 1.82) is 0 Å². The predicted molar refractivity (Wildman–Crippen MR) is 115 cm³/mol. The molecule has 0 radical (unpaired) electrons. The number of aryl methyl sites for hydroxylation is 1. The van der Waals surface area contributed by atoms with E-state index in [9.17, 15) is 9.59 Å². The van der Waals surface area contributed by atoms with Crippen molar-refractivity contribution in [1.82, 2.24) is 10.2 Å². The van der Waals surface area contributed by atoms with Gasteiger partial charge in [0, 0.05) is 32.6 Å². The highest BCUT2D eigenvalue weighted by molar-refractivity contribution is 6.00. The number of nitrogens with zero attached hydrogens (tertiary/aromatic N) is 2. The molecule has 1 aromatic carbocycles. The van der Waals surface area contributed by atoms with Gasteiger partial charge in [0.25, 0.3) is 5.91 Å². The zero-order valence-electron chi connectivity index (χ0n) is 18.0. The van der Waals surface area contributed by atoms with Gasteiger partial charge in [-0.25, -0.2) is 0 Å². The van der Waals surface area contributed by atoms with Crippen LogP contribution in [0.2, 0.25) is 0 Å². The molecule has 0 aliphatic carbocycles. The number of hydrogen-bond acceptors (Lipinski definition) is 6.